The van der Waals surface area contributed by atoms with Gasteiger partial charge in [0.2, 0.25) is 0 Å². The molecule has 78 valence electrons. The molecule has 0 aliphatic carbocycles. The number of benzene rings is 1. The second kappa shape index (κ2) is 3.70. The second-order valence-corrected chi connectivity index (χ2v) is 4.25. The van der Waals surface area contributed by atoms with Gasteiger partial charge in [-0.05, 0) is 19.9 Å². The lowest BCUT2D eigenvalue weighted by atomic mass is 10.2. The molecule has 0 saturated heterocycles. The molecule has 3 heteroatoms. The molecule has 0 aliphatic heterocycles. The molecule has 0 aliphatic rings. The number of para-hydroxylation sites is 1. The summed E-state index contributed by atoms with van der Waals surface area (Å²) in [5.41, 5.74) is 1.64. The molecule has 0 radical (unpaired) electrons. The zero-order chi connectivity index (χ0) is 11.0. The van der Waals surface area contributed by atoms with Crippen LogP contribution in [0, 0.1) is 0 Å². The van der Waals surface area contributed by atoms with E-state index in [1.165, 1.54) is 0 Å². The lowest BCUT2D eigenvalue weighted by Gasteiger charge is -2.09. The fourth-order valence-electron chi connectivity index (χ4n) is 1.80. The molecular weight excluding hydrogens is 210 g/mol. The van der Waals surface area contributed by atoms with Crippen molar-refractivity contribution in [3.05, 3.63) is 35.0 Å². The summed E-state index contributed by atoms with van der Waals surface area (Å²) >= 11 is 6.14. The van der Waals surface area contributed by atoms with Crippen LogP contribution in [0.15, 0.2) is 24.4 Å². The summed E-state index contributed by atoms with van der Waals surface area (Å²) in [6, 6.07) is 5.92. The molecule has 0 N–H and O–H groups in total. The Morgan fingerprint density at radius 1 is 1.40 bits per heavy atom. The first-order chi connectivity index (χ1) is 7.15. The molecule has 2 rings (SSSR count). The van der Waals surface area contributed by atoms with Crippen molar-refractivity contribution in [2.75, 3.05) is 0 Å². The topological polar surface area (TPSA) is 22.0 Å². The van der Waals surface area contributed by atoms with E-state index in [0.717, 1.165) is 17.2 Å². The predicted molar refractivity (Wildman–Crippen MR) is 62.7 cm³/mol. The summed E-state index contributed by atoms with van der Waals surface area (Å²) in [7, 11) is 0. The Bertz CT molecular complexity index is 514. The number of aldehydes is 1. The normalized spacial score (nSPS) is 11.2. The smallest absolute Gasteiger partial charge is 0.152 e. The van der Waals surface area contributed by atoms with Gasteiger partial charge in [-0.25, -0.2) is 0 Å². The third-order valence-corrected chi connectivity index (χ3v) is 2.82. The van der Waals surface area contributed by atoms with E-state index in [-0.39, 0.29) is 0 Å². The Morgan fingerprint density at radius 3 is 2.73 bits per heavy atom. The van der Waals surface area contributed by atoms with Gasteiger partial charge in [-0.1, -0.05) is 23.7 Å². The number of aromatic nitrogens is 1. The first-order valence-electron chi connectivity index (χ1n) is 4.89. The van der Waals surface area contributed by atoms with Crippen molar-refractivity contribution < 1.29 is 4.79 Å². The highest BCUT2D eigenvalue weighted by atomic mass is 35.5. The van der Waals surface area contributed by atoms with Crippen LogP contribution < -0.4 is 0 Å². The van der Waals surface area contributed by atoms with E-state index in [1.54, 1.807) is 0 Å². The Morgan fingerprint density at radius 2 is 2.13 bits per heavy atom. The Kier molecular flexibility index (Phi) is 2.53. The second-order valence-electron chi connectivity index (χ2n) is 3.84. The molecule has 0 atom stereocenters. The van der Waals surface area contributed by atoms with Crippen molar-refractivity contribution in [1.82, 2.24) is 4.57 Å². The first-order valence-corrected chi connectivity index (χ1v) is 5.27. The van der Waals surface area contributed by atoms with Crippen LogP contribution >= 0.6 is 11.6 Å². The predicted octanol–water partition coefficient (Wildman–Crippen LogP) is 3.69. The first kappa shape index (κ1) is 10.2. The average Bonchev–Trinajstić information content (AvgIpc) is 2.58. The van der Waals surface area contributed by atoms with Gasteiger partial charge in [0, 0.05) is 23.2 Å². The van der Waals surface area contributed by atoms with E-state index >= 15 is 0 Å². The Labute approximate surface area is 93.5 Å². The van der Waals surface area contributed by atoms with Gasteiger partial charge in [-0.2, -0.15) is 0 Å². The van der Waals surface area contributed by atoms with E-state index in [4.69, 9.17) is 11.6 Å². The van der Waals surface area contributed by atoms with Crippen molar-refractivity contribution in [3.63, 3.8) is 0 Å². The van der Waals surface area contributed by atoms with Crippen LogP contribution in [0.25, 0.3) is 10.9 Å². The van der Waals surface area contributed by atoms with Crippen LogP contribution in [0.3, 0.4) is 0 Å². The van der Waals surface area contributed by atoms with E-state index in [9.17, 15) is 4.79 Å². The van der Waals surface area contributed by atoms with E-state index < -0.39 is 0 Å². The molecule has 2 nitrogen and oxygen atoms in total. The van der Waals surface area contributed by atoms with Crippen molar-refractivity contribution in [1.29, 1.82) is 0 Å². The van der Waals surface area contributed by atoms with Crippen molar-refractivity contribution in [3.8, 4) is 0 Å². The molecule has 0 spiro atoms. The number of hydrogen-bond acceptors (Lipinski definition) is 1. The van der Waals surface area contributed by atoms with Crippen molar-refractivity contribution >= 4 is 28.8 Å². The number of hydrogen-bond donors (Lipinski definition) is 0. The van der Waals surface area contributed by atoms with Gasteiger partial charge >= 0.3 is 0 Å². The lowest BCUT2D eigenvalue weighted by Crippen LogP contribution is -1.98. The number of nitrogens with zero attached hydrogens (tertiary/aromatic N) is 1. The number of halogens is 1. The van der Waals surface area contributed by atoms with Crippen LogP contribution in [0.5, 0.6) is 0 Å². The summed E-state index contributed by atoms with van der Waals surface area (Å²) in [6.45, 7) is 4.13. The SMILES string of the molecule is CC(C)n1cc(C=O)c2cccc(Cl)c21. The minimum Gasteiger partial charge on any atom is -0.343 e. The zero-order valence-corrected chi connectivity index (χ0v) is 9.45. The minimum atomic E-state index is 0.293. The van der Waals surface area contributed by atoms with Gasteiger partial charge in [-0.15, -0.1) is 0 Å². The summed E-state index contributed by atoms with van der Waals surface area (Å²) in [5.74, 6) is 0. The fraction of sp³-hybridized carbons (Fsp3) is 0.250. The summed E-state index contributed by atoms with van der Waals surface area (Å²) in [4.78, 5) is 10.9. The van der Waals surface area contributed by atoms with E-state index in [1.807, 2.05) is 29.0 Å². The quantitative estimate of drug-likeness (QED) is 0.709. The monoisotopic (exact) mass is 221 g/mol. The molecule has 15 heavy (non-hydrogen) atoms. The third kappa shape index (κ3) is 1.55. The molecule has 0 fully saturated rings. The molecule has 0 amide bonds. The number of carbonyl (C=O) groups excluding carboxylic acids is 1. The Balaban J connectivity index is 2.87. The van der Waals surface area contributed by atoms with Gasteiger partial charge in [0.15, 0.2) is 6.29 Å². The largest absolute Gasteiger partial charge is 0.343 e. The molecule has 0 saturated carbocycles. The van der Waals surface area contributed by atoms with Crippen LogP contribution in [0.2, 0.25) is 5.02 Å². The van der Waals surface area contributed by atoms with Gasteiger partial charge in [-0.3, -0.25) is 4.79 Å². The molecule has 1 aromatic heterocycles. The highest BCUT2D eigenvalue weighted by molar-refractivity contribution is 6.35. The van der Waals surface area contributed by atoms with Crippen LogP contribution in [-0.4, -0.2) is 10.9 Å². The Hall–Kier alpha value is -1.28. The summed E-state index contributed by atoms with van der Waals surface area (Å²) < 4.78 is 2.03. The molecule has 1 heterocycles. The van der Waals surface area contributed by atoms with Crippen LogP contribution in [0.4, 0.5) is 0 Å². The minimum absolute atomic E-state index is 0.293. The maximum atomic E-state index is 10.9. The summed E-state index contributed by atoms with van der Waals surface area (Å²) in [5, 5.41) is 1.61. The van der Waals surface area contributed by atoms with Crippen molar-refractivity contribution in [2.45, 2.75) is 19.9 Å². The molecule has 0 unspecified atom stereocenters. The maximum Gasteiger partial charge on any atom is 0.152 e. The fourth-order valence-corrected chi connectivity index (χ4v) is 2.07. The molecule has 0 bridgehead atoms. The van der Waals surface area contributed by atoms with Gasteiger partial charge in [0.1, 0.15) is 0 Å². The molecular formula is C12H12ClNO. The van der Waals surface area contributed by atoms with E-state index in [0.29, 0.717) is 16.6 Å². The highest BCUT2D eigenvalue weighted by Gasteiger charge is 2.12. The number of fused-ring (bicyclic) bond motifs is 1. The number of carbonyl (C=O) groups is 1. The van der Waals surface area contributed by atoms with Gasteiger partial charge in [0.25, 0.3) is 0 Å². The van der Waals surface area contributed by atoms with Gasteiger partial charge < -0.3 is 4.57 Å². The zero-order valence-electron chi connectivity index (χ0n) is 8.70. The molecule has 2 aromatic rings. The maximum absolute atomic E-state index is 10.9. The van der Waals surface area contributed by atoms with Crippen molar-refractivity contribution in [2.24, 2.45) is 0 Å². The highest BCUT2D eigenvalue weighted by Crippen LogP contribution is 2.29. The number of rotatable bonds is 2. The molecule has 1 aromatic carbocycles. The van der Waals surface area contributed by atoms with E-state index in [2.05, 4.69) is 13.8 Å². The van der Waals surface area contributed by atoms with Crippen LogP contribution in [0.1, 0.15) is 30.2 Å². The standard InChI is InChI=1S/C12H12ClNO/c1-8(2)14-6-9(7-15)10-4-3-5-11(13)12(10)14/h3-8H,1-2H3. The summed E-state index contributed by atoms with van der Waals surface area (Å²) in [6.07, 6.45) is 2.73. The average molecular weight is 222 g/mol. The van der Waals surface area contributed by atoms with Crippen LogP contribution in [-0.2, 0) is 0 Å². The van der Waals surface area contributed by atoms with Gasteiger partial charge in [0.05, 0.1) is 10.5 Å². The third-order valence-electron chi connectivity index (χ3n) is 2.52. The lowest BCUT2D eigenvalue weighted by molar-refractivity contribution is 0.112.